The monoisotopic (exact) mass is 341 g/mol. The van der Waals surface area contributed by atoms with Crippen LogP contribution in [0, 0.1) is 0 Å². The Balaban J connectivity index is 1.39. The summed E-state index contributed by atoms with van der Waals surface area (Å²) in [6.07, 6.45) is 4.50. The van der Waals surface area contributed by atoms with Gasteiger partial charge in [0, 0.05) is 50.7 Å². The standard InChI is InChI=1S/C21H31N3O/c1-19(9-10-20-6-3-2-4-7-20)22-18-21-8-5-11-24(21)13-12-23-14-16-25-17-15-23/h2-8,11,19,22H,9-10,12-18H2,1H3/t19-/m1/s1. The highest BCUT2D eigenvalue weighted by molar-refractivity contribution is 5.14. The van der Waals surface area contributed by atoms with E-state index in [9.17, 15) is 0 Å². The van der Waals surface area contributed by atoms with Gasteiger partial charge in [0.25, 0.3) is 0 Å². The topological polar surface area (TPSA) is 29.4 Å². The van der Waals surface area contributed by atoms with Crippen LogP contribution in [0.3, 0.4) is 0 Å². The molecule has 1 aliphatic rings. The second-order valence-electron chi connectivity index (χ2n) is 6.95. The average molecular weight is 341 g/mol. The van der Waals surface area contributed by atoms with Crippen molar-refractivity contribution in [3.63, 3.8) is 0 Å². The van der Waals surface area contributed by atoms with E-state index in [4.69, 9.17) is 4.74 Å². The van der Waals surface area contributed by atoms with Gasteiger partial charge in [-0.05, 0) is 37.5 Å². The van der Waals surface area contributed by atoms with Crippen molar-refractivity contribution >= 4 is 0 Å². The molecule has 1 aliphatic heterocycles. The fraction of sp³-hybridized carbons (Fsp3) is 0.524. The van der Waals surface area contributed by atoms with Gasteiger partial charge in [-0.1, -0.05) is 30.3 Å². The Labute approximate surface area is 151 Å². The minimum atomic E-state index is 0.516. The number of hydrogen-bond acceptors (Lipinski definition) is 3. The van der Waals surface area contributed by atoms with Gasteiger partial charge in [-0.2, -0.15) is 0 Å². The van der Waals surface area contributed by atoms with E-state index in [0.29, 0.717) is 6.04 Å². The molecule has 1 aromatic carbocycles. The first kappa shape index (κ1) is 18.2. The zero-order valence-electron chi connectivity index (χ0n) is 15.4. The van der Waals surface area contributed by atoms with Crippen LogP contribution in [0.2, 0.25) is 0 Å². The van der Waals surface area contributed by atoms with E-state index < -0.39 is 0 Å². The van der Waals surface area contributed by atoms with Crippen molar-refractivity contribution in [3.8, 4) is 0 Å². The molecule has 0 aliphatic carbocycles. The summed E-state index contributed by atoms with van der Waals surface area (Å²) in [7, 11) is 0. The van der Waals surface area contributed by atoms with E-state index in [1.807, 2.05) is 0 Å². The highest BCUT2D eigenvalue weighted by atomic mass is 16.5. The van der Waals surface area contributed by atoms with Crippen molar-refractivity contribution in [3.05, 3.63) is 59.9 Å². The first-order chi connectivity index (χ1) is 12.3. The molecule has 136 valence electrons. The highest BCUT2D eigenvalue weighted by Crippen LogP contribution is 2.08. The van der Waals surface area contributed by atoms with Crippen LogP contribution in [-0.2, 0) is 24.2 Å². The van der Waals surface area contributed by atoms with Crippen molar-refractivity contribution in [2.24, 2.45) is 0 Å². The summed E-state index contributed by atoms with van der Waals surface area (Å²) in [5.74, 6) is 0. The van der Waals surface area contributed by atoms with Crippen LogP contribution in [0.15, 0.2) is 48.7 Å². The lowest BCUT2D eigenvalue weighted by atomic mass is 10.1. The van der Waals surface area contributed by atoms with E-state index in [0.717, 1.165) is 52.4 Å². The van der Waals surface area contributed by atoms with E-state index >= 15 is 0 Å². The van der Waals surface area contributed by atoms with Crippen LogP contribution in [0.4, 0.5) is 0 Å². The molecule has 2 aromatic rings. The average Bonchev–Trinajstić information content (AvgIpc) is 3.12. The molecule has 1 saturated heterocycles. The number of aromatic nitrogens is 1. The molecule has 25 heavy (non-hydrogen) atoms. The molecule has 4 heteroatoms. The van der Waals surface area contributed by atoms with Crippen LogP contribution in [-0.4, -0.2) is 48.4 Å². The van der Waals surface area contributed by atoms with Gasteiger partial charge in [-0.15, -0.1) is 0 Å². The molecule has 0 bridgehead atoms. The van der Waals surface area contributed by atoms with Crippen LogP contribution in [0.25, 0.3) is 0 Å². The minimum absolute atomic E-state index is 0.516. The number of aryl methyl sites for hydroxylation is 1. The number of benzene rings is 1. The summed E-state index contributed by atoms with van der Waals surface area (Å²) in [5, 5.41) is 3.68. The number of rotatable bonds is 9. The Morgan fingerprint density at radius 3 is 2.64 bits per heavy atom. The van der Waals surface area contributed by atoms with Crippen LogP contribution in [0.1, 0.15) is 24.6 Å². The third-order valence-corrected chi connectivity index (χ3v) is 5.02. The quantitative estimate of drug-likeness (QED) is 0.760. The molecule has 0 spiro atoms. The van der Waals surface area contributed by atoms with Gasteiger partial charge in [0.1, 0.15) is 0 Å². The fourth-order valence-corrected chi connectivity index (χ4v) is 3.31. The second kappa shape index (κ2) is 9.76. The van der Waals surface area contributed by atoms with Crippen molar-refractivity contribution in [2.45, 2.75) is 38.9 Å². The summed E-state index contributed by atoms with van der Waals surface area (Å²) in [6.45, 7) is 9.25. The van der Waals surface area contributed by atoms with E-state index in [-0.39, 0.29) is 0 Å². The summed E-state index contributed by atoms with van der Waals surface area (Å²) >= 11 is 0. The molecule has 1 aromatic heterocycles. The minimum Gasteiger partial charge on any atom is -0.379 e. The van der Waals surface area contributed by atoms with Gasteiger partial charge in [0.15, 0.2) is 0 Å². The van der Waals surface area contributed by atoms with Crippen molar-refractivity contribution in [2.75, 3.05) is 32.8 Å². The Kier molecular flexibility index (Phi) is 7.10. The van der Waals surface area contributed by atoms with Crippen molar-refractivity contribution < 1.29 is 4.74 Å². The summed E-state index contributed by atoms with van der Waals surface area (Å²) in [5.41, 5.74) is 2.80. The molecule has 0 radical (unpaired) electrons. The predicted octanol–water partition coefficient (Wildman–Crippen LogP) is 2.93. The number of nitrogens with one attached hydrogen (secondary N) is 1. The molecular formula is C21H31N3O. The molecule has 3 rings (SSSR count). The van der Waals surface area contributed by atoms with Crippen molar-refractivity contribution in [1.29, 1.82) is 0 Å². The smallest absolute Gasteiger partial charge is 0.0594 e. The first-order valence-electron chi connectivity index (χ1n) is 9.53. The molecule has 1 atom stereocenters. The molecule has 1 fully saturated rings. The molecule has 2 heterocycles. The molecule has 1 N–H and O–H groups in total. The van der Waals surface area contributed by atoms with Gasteiger partial charge in [-0.3, -0.25) is 4.90 Å². The van der Waals surface area contributed by atoms with E-state index in [1.165, 1.54) is 17.7 Å². The van der Waals surface area contributed by atoms with Crippen LogP contribution >= 0.6 is 0 Å². The predicted molar refractivity (Wildman–Crippen MR) is 103 cm³/mol. The summed E-state index contributed by atoms with van der Waals surface area (Å²) in [6, 6.07) is 15.6. The van der Waals surface area contributed by atoms with Gasteiger partial charge < -0.3 is 14.6 Å². The maximum absolute atomic E-state index is 5.42. The molecule has 0 amide bonds. The third kappa shape index (κ3) is 5.99. The van der Waals surface area contributed by atoms with Gasteiger partial charge in [-0.25, -0.2) is 0 Å². The number of hydrogen-bond donors (Lipinski definition) is 1. The Bertz CT molecular complexity index is 605. The number of nitrogens with zero attached hydrogens (tertiary/aromatic N) is 2. The fourth-order valence-electron chi connectivity index (χ4n) is 3.31. The largest absolute Gasteiger partial charge is 0.379 e. The second-order valence-corrected chi connectivity index (χ2v) is 6.95. The van der Waals surface area contributed by atoms with Gasteiger partial charge in [0.05, 0.1) is 13.2 Å². The Morgan fingerprint density at radius 2 is 1.84 bits per heavy atom. The highest BCUT2D eigenvalue weighted by Gasteiger charge is 2.11. The zero-order valence-corrected chi connectivity index (χ0v) is 15.4. The molecule has 4 nitrogen and oxygen atoms in total. The van der Waals surface area contributed by atoms with E-state index in [2.05, 4.69) is 70.4 Å². The summed E-state index contributed by atoms with van der Waals surface area (Å²) in [4.78, 5) is 2.49. The first-order valence-corrected chi connectivity index (χ1v) is 9.53. The normalized spacial score (nSPS) is 16.8. The SMILES string of the molecule is C[C@H](CCc1ccccc1)NCc1cccn1CCN1CCOCC1. The lowest BCUT2D eigenvalue weighted by Gasteiger charge is -2.27. The lowest BCUT2D eigenvalue weighted by Crippen LogP contribution is -2.38. The van der Waals surface area contributed by atoms with Gasteiger partial charge >= 0.3 is 0 Å². The number of morpholine rings is 1. The number of ether oxygens (including phenoxy) is 1. The van der Waals surface area contributed by atoms with E-state index in [1.54, 1.807) is 0 Å². The van der Waals surface area contributed by atoms with Crippen LogP contribution < -0.4 is 5.32 Å². The molecular weight excluding hydrogens is 310 g/mol. The van der Waals surface area contributed by atoms with Crippen LogP contribution in [0.5, 0.6) is 0 Å². The zero-order chi connectivity index (χ0) is 17.3. The molecule has 0 unspecified atom stereocenters. The maximum Gasteiger partial charge on any atom is 0.0594 e. The Hall–Kier alpha value is -1.62. The lowest BCUT2D eigenvalue weighted by molar-refractivity contribution is 0.0363. The maximum atomic E-state index is 5.42. The molecule has 0 saturated carbocycles. The third-order valence-electron chi connectivity index (χ3n) is 5.02. The van der Waals surface area contributed by atoms with Crippen molar-refractivity contribution in [1.82, 2.24) is 14.8 Å². The summed E-state index contributed by atoms with van der Waals surface area (Å²) < 4.78 is 7.80. The Morgan fingerprint density at radius 1 is 1.04 bits per heavy atom. The van der Waals surface area contributed by atoms with Gasteiger partial charge in [0.2, 0.25) is 0 Å².